The zero-order chi connectivity index (χ0) is 15.4. The summed E-state index contributed by atoms with van der Waals surface area (Å²) < 4.78 is 10.3. The molecule has 0 saturated carbocycles. The third-order valence-corrected chi connectivity index (χ3v) is 3.69. The summed E-state index contributed by atoms with van der Waals surface area (Å²) in [5.41, 5.74) is 1.22. The third-order valence-electron chi connectivity index (χ3n) is 3.69. The number of carbonyl (C=O) groups excluding carboxylic acids is 1. The van der Waals surface area contributed by atoms with E-state index in [1.165, 1.54) is 12.0 Å². The van der Waals surface area contributed by atoms with Crippen molar-refractivity contribution in [3.05, 3.63) is 35.4 Å². The molecule has 1 amide bonds. The summed E-state index contributed by atoms with van der Waals surface area (Å²) in [6.45, 7) is 0.592. The van der Waals surface area contributed by atoms with Gasteiger partial charge < -0.3 is 19.5 Å². The van der Waals surface area contributed by atoms with Crippen molar-refractivity contribution < 1.29 is 24.2 Å². The number of benzene rings is 1. The van der Waals surface area contributed by atoms with E-state index in [9.17, 15) is 14.7 Å². The molecule has 2 unspecified atom stereocenters. The van der Waals surface area contributed by atoms with Crippen LogP contribution in [0, 0.1) is 0 Å². The molecule has 0 aliphatic carbocycles. The monoisotopic (exact) mass is 293 g/mol. The van der Waals surface area contributed by atoms with Crippen LogP contribution in [-0.4, -0.2) is 54.8 Å². The molecule has 1 N–H and O–H groups in total. The lowest BCUT2D eigenvalue weighted by Crippen LogP contribution is -2.41. The summed E-state index contributed by atoms with van der Waals surface area (Å²) in [6, 6.07) is 6.22. The van der Waals surface area contributed by atoms with Gasteiger partial charge in [0, 0.05) is 32.7 Å². The Labute approximate surface area is 123 Å². The van der Waals surface area contributed by atoms with Crippen molar-refractivity contribution in [2.45, 2.75) is 25.2 Å². The van der Waals surface area contributed by atoms with Gasteiger partial charge in [-0.1, -0.05) is 18.2 Å². The number of amides is 1. The first kappa shape index (κ1) is 15.5. The summed E-state index contributed by atoms with van der Waals surface area (Å²) in [5.74, 6) is -1.30. The van der Waals surface area contributed by atoms with Crippen molar-refractivity contribution in [1.29, 1.82) is 0 Å². The maximum absolute atomic E-state index is 12.7. The van der Waals surface area contributed by atoms with E-state index >= 15 is 0 Å². The van der Waals surface area contributed by atoms with Crippen LogP contribution in [0.3, 0.4) is 0 Å². The Morgan fingerprint density at radius 3 is 2.67 bits per heavy atom. The van der Waals surface area contributed by atoms with Gasteiger partial charge in [-0.2, -0.15) is 0 Å². The number of hydrogen-bond donors (Lipinski definition) is 1. The first-order chi connectivity index (χ1) is 10.1. The molecule has 21 heavy (non-hydrogen) atoms. The molecular formula is C15H19NO5. The minimum absolute atomic E-state index is 0.246. The molecule has 1 aliphatic heterocycles. The number of likely N-dealkylation sites (tertiary alicyclic amines) is 1. The number of aliphatic carboxylic acids is 1. The van der Waals surface area contributed by atoms with Gasteiger partial charge in [0.05, 0.1) is 12.7 Å². The fourth-order valence-electron chi connectivity index (χ4n) is 2.59. The Morgan fingerprint density at radius 1 is 1.33 bits per heavy atom. The number of carboxylic acids is 1. The molecule has 0 spiro atoms. The van der Waals surface area contributed by atoms with Crippen molar-refractivity contribution in [2.24, 2.45) is 0 Å². The molecule has 1 saturated heterocycles. The van der Waals surface area contributed by atoms with E-state index in [-0.39, 0.29) is 18.6 Å². The number of methoxy groups -OCH3 is 2. The van der Waals surface area contributed by atoms with Crippen molar-refractivity contribution >= 4 is 11.9 Å². The largest absolute Gasteiger partial charge is 0.480 e. The average molecular weight is 293 g/mol. The lowest BCUT2D eigenvalue weighted by molar-refractivity contribution is -0.141. The Bertz CT molecular complexity index is 531. The van der Waals surface area contributed by atoms with Crippen LogP contribution in [-0.2, 0) is 20.9 Å². The van der Waals surface area contributed by atoms with E-state index in [2.05, 4.69) is 0 Å². The maximum Gasteiger partial charge on any atom is 0.326 e. The molecule has 2 rings (SSSR count). The molecule has 6 heteroatoms. The Morgan fingerprint density at radius 2 is 2.05 bits per heavy atom. The number of nitrogens with zero attached hydrogens (tertiary/aromatic N) is 1. The van der Waals surface area contributed by atoms with Crippen LogP contribution in [0.25, 0.3) is 0 Å². The van der Waals surface area contributed by atoms with Gasteiger partial charge in [0.25, 0.3) is 5.91 Å². The van der Waals surface area contributed by atoms with Gasteiger partial charge in [-0.15, -0.1) is 0 Å². The lowest BCUT2D eigenvalue weighted by atomic mass is 10.1. The topological polar surface area (TPSA) is 76.1 Å². The molecule has 1 aliphatic rings. The zero-order valence-electron chi connectivity index (χ0n) is 12.1. The fourth-order valence-corrected chi connectivity index (χ4v) is 2.59. The molecule has 114 valence electrons. The summed E-state index contributed by atoms with van der Waals surface area (Å²) in [7, 11) is 3.08. The summed E-state index contributed by atoms with van der Waals surface area (Å²) >= 11 is 0. The molecule has 1 heterocycles. The second kappa shape index (κ2) is 6.69. The number of rotatable bonds is 5. The van der Waals surface area contributed by atoms with Crippen LogP contribution in [0.15, 0.2) is 24.3 Å². The van der Waals surface area contributed by atoms with Crippen molar-refractivity contribution in [3.8, 4) is 0 Å². The number of hydrogen-bond acceptors (Lipinski definition) is 4. The fraction of sp³-hybridized carbons (Fsp3) is 0.467. The normalized spacial score (nSPS) is 21.5. The van der Waals surface area contributed by atoms with E-state index in [4.69, 9.17) is 9.47 Å². The molecule has 2 atom stereocenters. The van der Waals surface area contributed by atoms with Gasteiger partial charge in [-0.25, -0.2) is 4.79 Å². The molecule has 0 radical (unpaired) electrons. The highest BCUT2D eigenvalue weighted by Gasteiger charge is 2.40. The Balaban J connectivity index is 2.28. The van der Waals surface area contributed by atoms with Gasteiger partial charge >= 0.3 is 5.97 Å². The van der Waals surface area contributed by atoms with E-state index < -0.39 is 12.0 Å². The molecular weight excluding hydrogens is 274 g/mol. The molecule has 6 nitrogen and oxygen atoms in total. The lowest BCUT2D eigenvalue weighted by Gasteiger charge is -2.22. The quantitative estimate of drug-likeness (QED) is 0.881. The van der Waals surface area contributed by atoms with Crippen molar-refractivity contribution in [2.75, 3.05) is 20.8 Å². The SMILES string of the molecule is COCc1ccccc1C(=O)N1CC(OC)CC1C(=O)O. The minimum atomic E-state index is -1.01. The van der Waals surface area contributed by atoms with Gasteiger partial charge in [-0.3, -0.25) is 4.79 Å². The van der Waals surface area contributed by atoms with Crippen molar-refractivity contribution in [3.63, 3.8) is 0 Å². The zero-order valence-corrected chi connectivity index (χ0v) is 12.1. The molecule has 0 aromatic heterocycles. The van der Waals surface area contributed by atoms with Crippen LogP contribution < -0.4 is 0 Å². The Hall–Kier alpha value is -1.92. The van der Waals surface area contributed by atoms with Crippen LogP contribution in [0.1, 0.15) is 22.3 Å². The highest BCUT2D eigenvalue weighted by atomic mass is 16.5. The second-order valence-corrected chi connectivity index (χ2v) is 5.00. The van der Waals surface area contributed by atoms with Crippen LogP contribution in [0.2, 0.25) is 0 Å². The van der Waals surface area contributed by atoms with Crippen LogP contribution >= 0.6 is 0 Å². The van der Waals surface area contributed by atoms with Gasteiger partial charge in [0.2, 0.25) is 0 Å². The smallest absolute Gasteiger partial charge is 0.326 e. The highest BCUT2D eigenvalue weighted by Crippen LogP contribution is 2.24. The molecule has 1 fully saturated rings. The number of carboxylic acid groups (broad SMARTS) is 1. The van der Waals surface area contributed by atoms with E-state index in [0.29, 0.717) is 18.6 Å². The van der Waals surface area contributed by atoms with Crippen LogP contribution in [0.5, 0.6) is 0 Å². The predicted octanol–water partition coefficient (Wildman–Crippen LogP) is 1.15. The summed E-state index contributed by atoms with van der Waals surface area (Å²) in [6.07, 6.45) is 0.0638. The maximum atomic E-state index is 12.7. The molecule has 1 aromatic carbocycles. The number of carbonyl (C=O) groups is 2. The van der Waals surface area contributed by atoms with Gasteiger partial charge in [0.15, 0.2) is 0 Å². The van der Waals surface area contributed by atoms with Crippen LogP contribution in [0.4, 0.5) is 0 Å². The minimum Gasteiger partial charge on any atom is -0.480 e. The summed E-state index contributed by atoms with van der Waals surface area (Å²) in [4.78, 5) is 25.4. The predicted molar refractivity (Wildman–Crippen MR) is 75.0 cm³/mol. The number of ether oxygens (including phenoxy) is 2. The van der Waals surface area contributed by atoms with Crippen molar-refractivity contribution in [1.82, 2.24) is 4.90 Å². The van der Waals surface area contributed by atoms with E-state index in [1.807, 2.05) is 6.07 Å². The Kier molecular flexibility index (Phi) is 4.93. The molecule has 0 bridgehead atoms. The standard InChI is InChI=1S/C15H19NO5/c1-20-9-10-5-3-4-6-12(10)14(17)16-8-11(21-2)7-13(16)15(18)19/h3-6,11,13H,7-9H2,1-2H3,(H,18,19). The van der Waals surface area contributed by atoms with E-state index in [1.54, 1.807) is 25.3 Å². The first-order valence-electron chi connectivity index (χ1n) is 6.72. The highest BCUT2D eigenvalue weighted by molar-refractivity contribution is 5.98. The second-order valence-electron chi connectivity index (χ2n) is 5.00. The average Bonchev–Trinajstić information content (AvgIpc) is 2.92. The first-order valence-corrected chi connectivity index (χ1v) is 6.72. The molecule has 1 aromatic rings. The summed E-state index contributed by atoms with van der Waals surface area (Å²) in [5, 5.41) is 9.29. The van der Waals surface area contributed by atoms with Gasteiger partial charge in [0.1, 0.15) is 6.04 Å². The third kappa shape index (κ3) is 3.22. The van der Waals surface area contributed by atoms with Gasteiger partial charge in [-0.05, 0) is 11.6 Å². The van der Waals surface area contributed by atoms with E-state index in [0.717, 1.165) is 5.56 Å².